The van der Waals surface area contributed by atoms with Crippen molar-refractivity contribution in [2.24, 2.45) is 0 Å². The standard InChI is InChI=1S/C13H18N2O5/c1-14(2)5-6-15(8-12(18)19)13(20)9-3-4-10(16)11(17)7-9/h3-4,7,16-17H,5-6,8H2,1-2H3,(H,18,19). The molecule has 0 saturated carbocycles. The van der Waals surface area contributed by atoms with E-state index in [0.29, 0.717) is 6.54 Å². The molecule has 0 aliphatic heterocycles. The molecule has 0 unspecified atom stereocenters. The summed E-state index contributed by atoms with van der Waals surface area (Å²) < 4.78 is 0. The molecule has 7 heteroatoms. The number of hydrogen-bond donors (Lipinski definition) is 3. The summed E-state index contributed by atoms with van der Waals surface area (Å²) in [7, 11) is 3.63. The summed E-state index contributed by atoms with van der Waals surface area (Å²) in [6, 6.07) is 3.64. The van der Waals surface area contributed by atoms with Gasteiger partial charge in [-0.15, -0.1) is 0 Å². The summed E-state index contributed by atoms with van der Waals surface area (Å²) in [5.41, 5.74) is 0.125. The topological polar surface area (TPSA) is 101 Å². The van der Waals surface area contributed by atoms with Crippen LogP contribution >= 0.6 is 0 Å². The fourth-order valence-electron chi connectivity index (χ4n) is 1.58. The van der Waals surface area contributed by atoms with Crippen molar-refractivity contribution < 1.29 is 24.9 Å². The van der Waals surface area contributed by atoms with Gasteiger partial charge < -0.3 is 25.1 Å². The summed E-state index contributed by atoms with van der Waals surface area (Å²) in [5, 5.41) is 27.4. The van der Waals surface area contributed by atoms with E-state index in [1.165, 1.54) is 17.0 Å². The molecule has 1 aromatic carbocycles. The summed E-state index contributed by atoms with van der Waals surface area (Å²) in [5.74, 6) is -2.37. The van der Waals surface area contributed by atoms with Crippen molar-refractivity contribution in [1.82, 2.24) is 9.80 Å². The molecule has 0 saturated heterocycles. The predicted molar refractivity (Wildman–Crippen MR) is 71.9 cm³/mol. The highest BCUT2D eigenvalue weighted by Gasteiger charge is 2.19. The number of likely N-dealkylation sites (N-methyl/N-ethyl adjacent to an activating group) is 1. The number of benzene rings is 1. The van der Waals surface area contributed by atoms with Crippen molar-refractivity contribution in [1.29, 1.82) is 0 Å². The Kier molecular flexibility index (Phi) is 5.33. The van der Waals surface area contributed by atoms with E-state index in [9.17, 15) is 19.8 Å². The number of amides is 1. The first kappa shape index (κ1) is 15.8. The lowest BCUT2D eigenvalue weighted by molar-refractivity contribution is -0.137. The van der Waals surface area contributed by atoms with Gasteiger partial charge in [0.15, 0.2) is 11.5 Å². The van der Waals surface area contributed by atoms with Gasteiger partial charge in [-0.3, -0.25) is 9.59 Å². The number of carbonyl (C=O) groups is 2. The van der Waals surface area contributed by atoms with E-state index in [1.54, 1.807) is 0 Å². The van der Waals surface area contributed by atoms with Crippen LogP contribution in [0.25, 0.3) is 0 Å². The SMILES string of the molecule is CN(C)CCN(CC(=O)O)C(=O)c1ccc(O)c(O)c1. The second-order valence-electron chi connectivity index (χ2n) is 4.63. The molecular weight excluding hydrogens is 264 g/mol. The summed E-state index contributed by atoms with van der Waals surface area (Å²) >= 11 is 0. The highest BCUT2D eigenvalue weighted by atomic mass is 16.4. The fraction of sp³-hybridized carbons (Fsp3) is 0.385. The molecule has 0 aromatic heterocycles. The average molecular weight is 282 g/mol. The Hall–Kier alpha value is -2.28. The smallest absolute Gasteiger partial charge is 0.323 e. The van der Waals surface area contributed by atoms with Crippen LogP contribution in [-0.4, -0.2) is 70.7 Å². The van der Waals surface area contributed by atoms with Gasteiger partial charge in [0, 0.05) is 18.7 Å². The van der Waals surface area contributed by atoms with Crippen molar-refractivity contribution in [3.05, 3.63) is 23.8 Å². The average Bonchev–Trinajstić information content (AvgIpc) is 2.36. The molecule has 1 amide bonds. The van der Waals surface area contributed by atoms with Crippen molar-refractivity contribution in [2.45, 2.75) is 0 Å². The number of phenols is 2. The first-order valence-corrected chi connectivity index (χ1v) is 5.99. The summed E-state index contributed by atoms with van der Waals surface area (Å²) in [4.78, 5) is 26.0. The third kappa shape index (κ3) is 4.43. The number of aromatic hydroxyl groups is 2. The first-order chi connectivity index (χ1) is 9.31. The molecule has 3 N–H and O–H groups in total. The van der Waals surface area contributed by atoms with Gasteiger partial charge >= 0.3 is 5.97 Å². The molecule has 20 heavy (non-hydrogen) atoms. The maximum Gasteiger partial charge on any atom is 0.323 e. The van der Waals surface area contributed by atoms with Crippen molar-refractivity contribution in [3.8, 4) is 11.5 Å². The van der Waals surface area contributed by atoms with Gasteiger partial charge in [0.05, 0.1) is 0 Å². The Balaban J connectivity index is 2.90. The highest BCUT2D eigenvalue weighted by molar-refractivity contribution is 5.96. The van der Waals surface area contributed by atoms with E-state index in [2.05, 4.69) is 0 Å². The quantitative estimate of drug-likeness (QED) is 0.644. The van der Waals surface area contributed by atoms with Crippen molar-refractivity contribution in [3.63, 3.8) is 0 Å². The van der Waals surface area contributed by atoms with Gasteiger partial charge in [0.1, 0.15) is 6.54 Å². The van der Waals surface area contributed by atoms with Gasteiger partial charge in [0.2, 0.25) is 0 Å². The van der Waals surface area contributed by atoms with Gasteiger partial charge in [-0.2, -0.15) is 0 Å². The number of carbonyl (C=O) groups excluding carboxylic acids is 1. The van der Waals surface area contributed by atoms with Gasteiger partial charge in [-0.05, 0) is 32.3 Å². The second kappa shape index (κ2) is 6.76. The van der Waals surface area contributed by atoms with E-state index in [-0.39, 0.29) is 17.9 Å². The number of carboxylic acid groups (broad SMARTS) is 1. The molecule has 0 fully saturated rings. The van der Waals surface area contributed by atoms with Crippen LogP contribution < -0.4 is 0 Å². The molecule has 1 rings (SSSR count). The molecule has 110 valence electrons. The number of carboxylic acids is 1. The van der Waals surface area contributed by atoms with Crippen LogP contribution in [0, 0.1) is 0 Å². The van der Waals surface area contributed by atoms with E-state index < -0.39 is 24.2 Å². The number of hydrogen-bond acceptors (Lipinski definition) is 5. The molecular formula is C13H18N2O5. The zero-order valence-corrected chi connectivity index (χ0v) is 11.4. The number of aliphatic carboxylic acids is 1. The monoisotopic (exact) mass is 282 g/mol. The normalized spacial score (nSPS) is 10.6. The molecule has 0 radical (unpaired) electrons. The molecule has 7 nitrogen and oxygen atoms in total. The van der Waals surface area contributed by atoms with E-state index in [0.717, 1.165) is 6.07 Å². The van der Waals surface area contributed by atoms with Crippen LogP contribution in [0.15, 0.2) is 18.2 Å². The Morgan fingerprint density at radius 1 is 1.10 bits per heavy atom. The first-order valence-electron chi connectivity index (χ1n) is 5.99. The van der Waals surface area contributed by atoms with Crippen LogP contribution in [-0.2, 0) is 4.79 Å². The summed E-state index contributed by atoms with van der Waals surface area (Å²) in [6.45, 7) is 0.344. The van der Waals surface area contributed by atoms with Crippen LogP contribution in [0.1, 0.15) is 10.4 Å². The van der Waals surface area contributed by atoms with Crippen LogP contribution in [0.3, 0.4) is 0 Å². The minimum Gasteiger partial charge on any atom is -0.504 e. The molecule has 1 aromatic rings. The fourth-order valence-corrected chi connectivity index (χ4v) is 1.58. The van der Waals surface area contributed by atoms with Crippen LogP contribution in [0.5, 0.6) is 11.5 Å². The molecule has 0 aliphatic carbocycles. The minimum absolute atomic E-state index is 0.125. The maximum atomic E-state index is 12.2. The van der Waals surface area contributed by atoms with Crippen LogP contribution in [0.4, 0.5) is 0 Å². The second-order valence-corrected chi connectivity index (χ2v) is 4.63. The van der Waals surface area contributed by atoms with Crippen molar-refractivity contribution >= 4 is 11.9 Å². The minimum atomic E-state index is -1.11. The lowest BCUT2D eigenvalue weighted by Gasteiger charge is -2.22. The lowest BCUT2D eigenvalue weighted by atomic mass is 10.1. The van der Waals surface area contributed by atoms with Gasteiger partial charge in [-0.1, -0.05) is 0 Å². The molecule has 0 spiro atoms. The number of rotatable bonds is 6. The molecule has 0 aliphatic rings. The summed E-state index contributed by atoms with van der Waals surface area (Å²) in [6.07, 6.45) is 0. The lowest BCUT2D eigenvalue weighted by Crippen LogP contribution is -2.40. The Morgan fingerprint density at radius 2 is 1.75 bits per heavy atom. The van der Waals surface area contributed by atoms with Gasteiger partial charge in [-0.25, -0.2) is 0 Å². The number of phenolic OH excluding ortho intramolecular Hbond substituents is 2. The Labute approximate surface area is 116 Å². The predicted octanol–water partition coefficient (Wildman–Crippen LogP) is 0.186. The molecule has 0 atom stereocenters. The maximum absolute atomic E-state index is 12.2. The van der Waals surface area contributed by atoms with E-state index in [1.807, 2.05) is 19.0 Å². The molecule has 0 bridgehead atoms. The highest BCUT2D eigenvalue weighted by Crippen LogP contribution is 2.25. The van der Waals surface area contributed by atoms with E-state index in [4.69, 9.17) is 5.11 Å². The third-order valence-electron chi connectivity index (χ3n) is 2.65. The van der Waals surface area contributed by atoms with E-state index >= 15 is 0 Å². The number of nitrogens with zero attached hydrogens (tertiary/aromatic N) is 2. The Morgan fingerprint density at radius 3 is 2.25 bits per heavy atom. The van der Waals surface area contributed by atoms with Crippen LogP contribution in [0.2, 0.25) is 0 Å². The Bertz CT molecular complexity index is 502. The van der Waals surface area contributed by atoms with Gasteiger partial charge in [0.25, 0.3) is 5.91 Å². The zero-order chi connectivity index (χ0) is 15.3. The largest absolute Gasteiger partial charge is 0.504 e. The zero-order valence-electron chi connectivity index (χ0n) is 11.4. The van der Waals surface area contributed by atoms with Crippen molar-refractivity contribution in [2.75, 3.05) is 33.7 Å². The third-order valence-corrected chi connectivity index (χ3v) is 2.65. The molecule has 0 heterocycles.